The van der Waals surface area contributed by atoms with Crippen LogP contribution in [0.25, 0.3) is 0 Å². The number of carbonyl (C=O) groups excluding carboxylic acids is 1. The number of carbonyl (C=O) groups is 1. The van der Waals surface area contributed by atoms with E-state index in [9.17, 15) is 4.79 Å². The van der Waals surface area contributed by atoms with E-state index >= 15 is 0 Å². The maximum Gasteiger partial charge on any atom is 0.124 e. The van der Waals surface area contributed by atoms with Crippen LogP contribution in [0.3, 0.4) is 0 Å². The lowest BCUT2D eigenvalue weighted by Crippen LogP contribution is -2.07. The summed E-state index contributed by atoms with van der Waals surface area (Å²) in [5.74, 6) is 0.667. The third-order valence-electron chi connectivity index (χ3n) is 2.83. The van der Waals surface area contributed by atoms with Crippen LogP contribution in [0.5, 0.6) is 0 Å². The molecule has 0 aromatic heterocycles. The minimum atomic E-state index is 0.531. The summed E-state index contributed by atoms with van der Waals surface area (Å²) in [6, 6.07) is 8.41. The van der Waals surface area contributed by atoms with Crippen molar-refractivity contribution in [1.29, 1.82) is 0 Å². The highest BCUT2D eigenvalue weighted by atomic mass is 16.1. The molecule has 14 heavy (non-hydrogen) atoms. The van der Waals surface area contributed by atoms with E-state index in [1.54, 1.807) is 0 Å². The Hall–Kier alpha value is -1.15. The van der Waals surface area contributed by atoms with Gasteiger partial charge in [0, 0.05) is 13.0 Å². The van der Waals surface area contributed by atoms with Crippen molar-refractivity contribution in [3.05, 3.63) is 35.4 Å². The number of rotatable bonds is 3. The minimum Gasteiger partial charge on any atom is -0.316 e. The van der Waals surface area contributed by atoms with Crippen LogP contribution in [0.1, 0.15) is 23.5 Å². The van der Waals surface area contributed by atoms with E-state index in [1.165, 1.54) is 12.0 Å². The summed E-state index contributed by atoms with van der Waals surface area (Å²) in [5, 5.41) is 3.35. The van der Waals surface area contributed by atoms with Crippen molar-refractivity contribution in [2.75, 3.05) is 13.1 Å². The molecular weight excluding hydrogens is 174 g/mol. The van der Waals surface area contributed by atoms with E-state index in [0.29, 0.717) is 12.3 Å². The zero-order valence-electron chi connectivity index (χ0n) is 8.20. The molecule has 0 spiro atoms. The highest BCUT2D eigenvalue weighted by molar-refractivity contribution is 5.54. The summed E-state index contributed by atoms with van der Waals surface area (Å²) in [5.41, 5.74) is 2.50. The van der Waals surface area contributed by atoms with Crippen molar-refractivity contribution in [1.82, 2.24) is 5.32 Å². The standard InChI is InChI=1S/C12H15NO/c14-8-6-10-1-3-11(4-2-10)12-5-7-13-9-12/h1-4,8,12-13H,5-7,9H2. The van der Waals surface area contributed by atoms with Gasteiger partial charge in [0.05, 0.1) is 0 Å². The lowest BCUT2D eigenvalue weighted by atomic mass is 9.97. The first-order valence-corrected chi connectivity index (χ1v) is 5.13. The van der Waals surface area contributed by atoms with Crippen LogP contribution in [0.2, 0.25) is 0 Å². The molecule has 1 unspecified atom stereocenters. The van der Waals surface area contributed by atoms with Crippen molar-refractivity contribution in [3.8, 4) is 0 Å². The molecule has 1 atom stereocenters. The van der Waals surface area contributed by atoms with Crippen LogP contribution < -0.4 is 5.32 Å². The van der Waals surface area contributed by atoms with Crippen molar-refractivity contribution in [2.45, 2.75) is 18.8 Å². The third-order valence-corrected chi connectivity index (χ3v) is 2.83. The van der Waals surface area contributed by atoms with Gasteiger partial charge in [-0.2, -0.15) is 0 Å². The Morgan fingerprint density at radius 1 is 1.36 bits per heavy atom. The van der Waals surface area contributed by atoms with Crippen molar-refractivity contribution in [3.63, 3.8) is 0 Å². The third kappa shape index (κ3) is 2.02. The topological polar surface area (TPSA) is 29.1 Å². The van der Waals surface area contributed by atoms with Crippen LogP contribution in [0.15, 0.2) is 24.3 Å². The second kappa shape index (κ2) is 4.38. The van der Waals surface area contributed by atoms with Gasteiger partial charge in [-0.1, -0.05) is 24.3 Å². The molecule has 0 aliphatic carbocycles. The van der Waals surface area contributed by atoms with E-state index in [1.807, 2.05) is 0 Å². The molecule has 1 saturated heterocycles. The van der Waals surface area contributed by atoms with Crippen LogP contribution in [-0.2, 0) is 11.2 Å². The second-order valence-electron chi connectivity index (χ2n) is 3.80. The Morgan fingerprint density at radius 2 is 2.14 bits per heavy atom. The summed E-state index contributed by atoms with van der Waals surface area (Å²) in [7, 11) is 0. The van der Waals surface area contributed by atoms with Crippen LogP contribution in [0.4, 0.5) is 0 Å². The first-order chi connectivity index (χ1) is 6.90. The lowest BCUT2D eigenvalue weighted by molar-refractivity contribution is -0.107. The Morgan fingerprint density at radius 3 is 2.71 bits per heavy atom. The number of hydrogen-bond acceptors (Lipinski definition) is 2. The van der Waals surface area contributed by atoms with Crippen molar-refractivity contribution < 1.29 is 4.79 Å². The number of benzene rings is 1. The Labute approximate surface area is 84.3 Å². The smallest absolute Gasteiger partial charge is 0.124 e. The first kappa shape index (κ1) is 9.41. The van der Waals surface area contributed by atoms with Gasteiger partial charge in [-0.3, -0.25) is 0 Å². The molecule has 1 aliphatic heterocycles. The van der Waals surface area contributed by atoms with Gasteiger partial charge >= 0.3 is 0 Å². The minimum absolute atomic E-state index is 0.531. The molecule has 0 amide bonds. The van der Waals surface area contributed by atoms with Crippen LogP contribution >= 0.6 is 0 Å². The average molecular weight is 189 g/mol. The average Bonchev–Trinajstić information content (AvgIpc) is 2.72. The van der Waals surface area contributed by atoms with Crippen molar-refractivity contribution in [2.24, 2.45) is 0 Å². The summed E-state index contributed by atoms with van der Waals surface area (Å²) in [6.45, 7) is 2.22. The Bertz CT molecular complexity index is 299. The first-order valence-electron chi connectivity index (χ1n) is 5.13. The molecule has 1 aliphatic rings. The maximum atomic E-state index is 10.3. The summed E-state index contributed by atoms with van der Waals surface area (Å²) < 4.78 is 0. The molecular formula is C12H15NO. The zero-order chi connectivity index (χ0) is 9.80. The van der Waals surface area contributed by atoms with E-state index in [-0.39, 0.29) is 0 Å². The highest BCUT2D eigenvalue weighted by Gasteiger charge is 2.15. The van der Waals surface area contributed by atoms with Crippen molar-refractivity contribution >= 4 is 6.29 Å². The molecule has 2 nitrogen and oxygen atoms in total. The molecule has 74 valence electrons. The van der Waals surface area contributed by atoms with Gasteiger partial charge in [0.2, 0.25) is 0 Å². The quantitative estimate of drug-likeness (QED) is 0.730. The van der Waals surface area contributed by atoms with Gasteiger partial charge in [-0.25, -0.2) is 0 Å². The van der Waals surface area contributed by atoms with Gasteiger partial charge < -0.3 is 10.1 Å². The monoisotopic (exact) mass is 189 g/mol. The number of hydrogen-bond donors (Lipinski definition) is 1. The van der Waals surface area contributed by atoms with Gasteiger partial charge in [0.25, 0.3) is 0 Å². The fourth-order valence-electron chi connectivity index (χ4n) is 1.96. The fourth-order valence-corrected chi connectivity index (χ4v) is 1.96. The Balaban J connectivity index is 2.08. The molecule has 1 N–H and O–H groups in total. The molecule has 1 aromatic carbocycles. The SMILES string of the molecule is O=CCc1ccc(C2CCNC2)cc1. The summed E-state index contributed by atoms with van der Waals surface area (Å²) in [6.07, 6.45) is 2.71. The van der Waals surface area contributed by atoms with Gasteiger partial charge in [-0.15, -0.1) is 0 Å². The molecule has 2 heteroatoms. The molecule has 0 saturated carbocycles. The zero-order valence-corrected chi connectivity index (χ0v) is 8.20. The van der Waals surface area contributed by atoms with E-state index in [2.05, 4.69) is 29.6 Å². The normalized spacial score (nSPS) is 21.0. The maximum absolute atomic E-state index is 10.3. The number of nitrogens with one attached hydrogen (secondary N) is 1. The summed E-state index contributed by atoms with van der Waals surface area (Å²) in [4.78, 5) is 10.3. The van der Waals surface area contributed by atoms with Gasteiger partial charge in [0.1, 0.15) is 6.29 Å². The molecule has 0 bridgehead atoms. The summed E-state index contributed by atoms with van der Waals surface area (Å²) >= 11 is 0. The largest absolute Gasteiger partial charge is 0.316 e. The molecule has 0 radical (unpaired) electrons. The van der Waals surface area contributed by atoms with Gasteiger partial charge in [0.15, 0.2) is 0 Å². The predicted molar refractivity (Wildman–Crippen MR) is 56.4 cm³/mol. The number of aldehydes is 1. The van der Waals surface area contributed by atoms with E-state index < -0.39 is 0 Å². The Kier molecular flexibility index (Phi) is 2.94. The molecule has 1 heterocycles. The highest BCUT2D eigenvalue weighted by Crippen LogP contribution is 2.22. The van der Waals surface area contributed by atoms with Crippen LogP contribution in [-0.4, -0.2) is 19.4 Å². The second-order valence-corrected chi connectivity index (χ2v) is 3.80. The van der Waals surface area contributed by atoms with Gasteiger partial charge in [-0.05, 0) is 30.0 Å². The fraction of sp³-hybridized carbons (Fsp3) is 0.417. The molecule has 1 fully saturated rings. The predicted octanol–water partition coefficient (Wildman–Crippen LogP) is 1.50. The van der Waals surface area contributed by atoms with E-state index in [0.717, 1.165) is 24.9 Å². The van der Waals surface area contributed by atoms with E-state index in [4.69, 9.17) is 0 Å². The molecule has 2 rings (SSSR count). The molecule has 1 aromatic rings. The van der Waals surface area contributed by atoms with Crippen LogP contribution in [0, 0.1) is 0 Å². The lowest BCUT2D eigenvalue weighted by Gasteiger charge is -2.08.